The second-order valence-electron chi connectivity index (χ2n) is 4.08. The Morgan fingerprint density at radius 2 is 2.18 bits per heavy atom. The third-order valence-electron chi connectivity index (χ3n) is 2.51. The van der Waals surface area contributed by atoms with Crippen LogP contribution in [-0.2, 0) is 6.42 Å². The van der Waals surface area contributed by atoms with Crippen molar-refractivity contribution in [3.8, 4) is 0 Å². The molecule has 1 unspecified atom stereocenters. The van der Waals surface area contributed by atoms with Crippen LogP contribution in [0.3, 0.4) is 0 Å². The van der Waals surface area contributed by atoms with E-state index in [0.717, 1.165) is 10.7 Å². The van der Waals surface area contributed by atoms with Gasteiger partial charge in [-0.2, -0.15) is 13.2 Å². The smallest absolute Gasteiger partial charge is 0.317 e. The van der Waals surface area contributed by atoms with Crippen LogP contribution in [-0.4, -0.2) is 24.2 Å². The fraction of sp³-hybridized carbons (Fsp3) is 0.727. The first-order chi connectivity index (χ1) is 7.90. The van der Waals surface area contributed by atoms with Gasteiger partial charge in [-0.3, -0.25) is 0 Å². The molecule has 0 fully saturated rings. The quantitative estimate of drug-likeness (QED) is 0.854. The topological polar surface area (TPSA) is 24.9 Å². The van der Waals surface area contributed by atoms with Crippen LogP contribution in [0.2, 0.25) is 0 Å². The van der Waals surface area contributed by atoms with Crippen LogP contribution in [0.1, 0.15) is 30.0 Å². The molecule has 0 aromatic carbocycles. The molecule has 0 radical (unpaired) electrons. The Morgan fingerprint density at radius 3 is 2.65 bits per heavy atom. The molecule has 1 rings (SSSR count). The normalized spacial score (nSPS) is 13.9. The van der Waals surface area contributed by atoms with E-state index in [1.165, 1.54) is 0 Å². The Hall–Kier alpha value is -0.620. The van der Waals surface area contributed by atoms with Crippen molar-refractivity contribution in [3.63, 3.8) is 0 Å². The maximum absolute atomic E-state index is 12.0. The van der Waals surface area contributed by atoms with Gasteiger partial charge in [-0.15, -0.1) is 11.3 Å². The highest BCUT2D eigenvalue weighted by Crippen LogP contribution is 2.23. The predicted octanol–water partition coefficient (Wildman–Crippen LogP) is 3.31. The number of likely N-dealkylation sites (N-methyl/N-ethyl adjacent to an activating group) is 1. The van der Waals surface area contributed by atoms with Crippen molar-refractivity contribution in [2.24, 2.45) is 0 Å². The minimum absolute atomic E-state index is 0.0721. The van der Waals surface area contributed by atoms with Crippen LogP contribution in [0.25, 0.3) is 0 Å². The number of hydrogen-bond acceptors (Lipinski definition) is 3. The van der Waals surface area contributed by atoms with Crippen LogP contribution in [0.15, 0.2) is 5.38 Å². The lowest BCUT2D eigenvalue weighted by Crippen LogP contribution is -2.28. The Morgan fingerprint density at radius 1 is 1.47 bits per heavy atom. The van der Waals surface area contributed by atoms with E-state index in [9.17, 15) is 13.2 Å². The number of aromatic nitrogens is 1. The summed E-state index contributed by atoms with van der Waals surface area (Å²) in [5.74, 6) is 0. The summed E-state index contributed by atoms with van der Waals surface area (Å²) in [5.41, 5.74) is 0.968. The maximum atomic E-state index is 12.0. The molecule has 0 spiro atoms. The lowest BCUT2D eigenvalue weighted by molar-refractivity contribution is -0.135. The molecule has 0 saturated carbocycles. The van der Waals surface area contributed by atoms with Crippen molar-refractivity contribution in [2.45, 2.75) is 44.8 Å². The zero-order valence-electron chi connectivity index (χ0n) is 9.97. The van der Waals surface area contributed by atoms with E-state index in [0.29, 0.717) is 12.8 Å². The molecule has 0 aliphatic heterocycles. The van der Waals surface area contributed by atoms with Crippen LogP contribution in [0, 0.1) is 6.92 Å². The first-order valence-corrected chi connectivity index (χ1v) is 6.43. The van der Waals surface area contributed by atoms with E-state index in [2.05, 4.69) is 10.3 Å². The molecule has 2 nitrogen and oxygen atoms in total. The summed E-state index contributed by atoms with van der Waals surface area (Å²) in [6.07, 6.45) is -3.36. The number of nitrogens with one attached hydrogen (secondary N) is 1. The highest BCUT2D eigenvalue weighted by molar-refractivity contribution is 7.09. The van der Waals surface area contributed by atoms with Gasteiger partial charge in [-0.1, -0.05) is 0 Å². The minimum atomic E-state index is -4.05. The molecular weight excluding hydrogens is 249 g/mol. The zero-order valence-corrected chi connectivity index (χ0v) is 10.8. The predicted molar refractivity (Wildman–Crippen MR) is 63.3 cm³/mol. The number of thiazole rings is 1. The van der Waals surface area contributed by atoms with Gasteiger partial charge in [0.1, 0.15) is 0 Å². The molecule has 1 N–H and O–H groups in total. The summed E-state index contributed by atoms with van der Waals surface area (Å²) in [6, 6.07) is 0.0721. The van der Waals surface area contributed by atoms with E-state index < -0.39 is 12.6 Å². The van der Waals surface area contributed by atoms with Gasteiger partial charge >= 0.3 is 6.18 Å². The van der Waals surface area contributed by atoms with Gasteiger partial charge in [0.25, 0.3) is 0 Å². The number of nitrogens with zero attached hydrogens (tertiary/aromatic N) is 1. The molecular formula is C11H17F3N2S. The number of rotatable bonds is 6. The van der Waals surface area contributed by atoms with Crippen LogP contribution in [0.5, 0.6) is 0 Å². The van der Waals surface area contributed by atoms with Crippen molar-refractivity contribution in [1.29, 1.82) is 0 Å². The van der Waals surface area contributed by atoms with Crippen molar-refractivity contribution in [1.82, 2.24) is 10.3 Å². The summed E-state index contributed by atoms with van der Waals surface area (Å²) in [4.78, 5) is 4.31. The molecule has 0 aliphatic carbocycles. The standard InChI is InChI=1S/C11H17F3N2S/c1-8-7-17-10(16-8)6-9(15-2)4-3-5-11(12,13)14/h7,9,15H,3-6H2,1-2H3. The van der Waals surface area contributed by atoms with Gasteiger partial charge in [-0.25, -0.2) is 4.98 Å². The van der Waals surface area contributed by atoms with E-state index in [4.69, 9.17) is 0 Å². The second-order valence-corrected chi connectivity index (χ2v) is 5.02. The maximum Gasteiger partial charge on any atom is 0.389 e. The molecule has 1 aromatic rings. The molecule has 1 aromatic heterocycles. The summed E-state index contributed by atoms with van der Waals surface area (Å²) in [6.45, 7) is 1.91. The average molecular weight is 266 g/mol. The second kappa shape index (κ2) is 6.35. The van der Waals surface area contributed by atoms with E-state index >= 15 is 0 Å². The molecule has 1 heterocycles. The van der Waals surface area contributed by atoms with Crippen molar-refractivity contribution in [2.75, 3.05) is 7.05 Å². The van der Waals surface area contributed by atoms with Crippen LogP contribution >= 0.6 is 11.3 Å². The zero-order chi connectivity index (χ0) is 12.9. The summed E-state index contributed by atoms with van der Waals surface area (Å²) in [5, 5.41) is 5.98. The van der Waals surface area contributed by atoms with E-state index in [1.807, 2.05) is 12.3 Å². The number of hydrogen-bond donors (Lipinski definition) is 1. The molecule has 0 aliphatic rings. The first kappa shape index (κ1) is 14.4. The van der Waals surface area contributed by atoms with Crippen LogP contribution < -0.4 is 5.32 Å². The van der Waals surface area contributed by atoms with Crippen molar-refractivity contribution < 1.29 is 13.2 Å². The highest BCUT2D eigenvalue weighted by atomic mass is 32.1. The SMILES string of the molecule is CNC(CCCC(F)(F)F)Cc1nc(C)cs1. The van der Waals surface area contributed by atoms with Gasteiger partial charge in [0.2, 0.25) is 0 Å². The third kappa shape index (κ3) is 6.02. The Kier molecular flexibility index (Phi) is 5.39. The average Bonchev–Trinajstić information content (AvgIpc) is 2.60. The summed E-state index contributed by atoms with van der Waals surface area (Å²) < 4.78 is 36.0. The lowest BCUT2D eigenvalue weighted by Gasteiger charge is -2.15. The van der Waals surface area contributed by atoms with E-state index in [-0.39, 0.29) is 12.5 Å². The minimum Gasteiger partial charge on any atom is -0.317 e. The first-order valence-electron chi connectivity index (χ1n) is 5.55. The third-order valence-corrected chi connectivity index (χ3v) is 3.50. The molecule has 1 atom stereocenters. The van der Waals surface area contributed by atoms with Crippen molar-refractivity contribution >= 4 is 11.3 Å². The molecule has 6 heteroatoms. The fourth-order valence-corrected chi connectivity index (χ4v) is 2.46. The molecule has 98 valence electrons. The van der Waals surface area contributed by atoms with E-state index in [1.54, 1.807) is 18.4 Å². The number of halogens is 3. The van der Waals surface area contributed by atoms with Gasteiger partial charge < -0.3 is 5.32 Å². The summed E-state index contributed by atoms with van der Waals surface area (Å²) in [7, 11) is 1.78. The Labute approximate surface area is 103 Å². The molecule has 0 saturated heterocycles. The Balaban J connectivity index is 2.34. The molecule has 17 heavy (non-hydrogen) atoms. The molecule has 0 amide bonds. The van der Waals surface area contributed by atoms with Gasteiger partial charge in [0, 0.05) is 30.0 Å². The van der Waals surface area contributed by atoms with Gasteiger partial charge in [-0.05, 0) is 26.8 Å². The lowest BCUT2D eigenvalue weighted by atomic mass is 10.1. The van der Waals surface area contributed by atoms with Gasteiger partial charge in [0.15, 0.2) is 0 Å². The van der Waals surface area contributed by atoms with Crippen LogP contribution in [0.4, 0.5) is 13.2 Å². The Bertz CT molecular complexity index is 336. The van der Waals surface area contributed by atoms with Crippen molar-refractivity contribution in [3.05, 3.63) is 16.1 Å². The number of aryl methyl sites for hydroxylation is 1. The highest BCUT2D eigenvalue weighted by Gasteiger charge is 2.26. The van der Waals surface area contributed by atoms with Gasteiger partial charge in [0.05, 0.1) is 5.01 Å². The fourth-order valence-electron chi connectivity index (χ4n) is 1.60. The largest absolute Gasteiger partial charge is 0.389 e. The summed E-state index contributed by atoms with van der Waals surface area (Å²) >= 11 is 1.56. The number of alkyl halides is 3. The molecule has 0 bridgehead atoms. The monoisotopic (exact) mass is 266 g/mol.